The molecule has 0 spiro atoms. The van der Waals surface area contributed by atoms with Crippen molar-refractivity contribution in [3.8, 4) is 22.6 Å². The second kappa shape index (κ2) is 8.23. The van der Waals surface area contributed by atoms with E-state index < -0.39 is 0 Å². The molecule has 2 aliphatic rings. The number of benzene rings is 2. The molecular weight excluding hydrogens is 438 g/mol. The van der Waals surface area contributed by atoms with Gasteiger partial charge in [-0.05, 0) is 52.5 Å². The standard InChI is InChI=1S/C26H29NO3S2/c1-25(2)9-10-26(3,4)19-12-15(7-8-18(19)25)17-11-16(20(29-5)14-21(17)30-6)13-22-23(28)27-24(31)32-22/h7-8,11-14H,9-10H2,1-6H3,(H,27,28,31)/b22-13-. The van der Waals surface area contributed by atoms with E-state index in [4.69, 9.17) is 21.7 Å². The topological polar surface area (TPSA) is 47.6 Å². The highest BCUT2D eigenvalue weighted by Gasteiger charge is 2.37. The zero-order chi connectivity index (χ0) is 23.3. The largest absolute Gasteiger partial charge is 0.496 e. The molecule has 1 fully saturated rings. The van der Waals surface area contributed by atoms with E-state index in [0.29, 0.717) is 15.0 Å². The van der Waals surface area contributed by atoms with Crippen LogP contribution in [0.1, 0.15) is 57.2 Å². The second-order valence-electron chi connectivity index (χ2n) is 9.67. The van der Waals surface area contributed by atoms with Gasteiger partial charge in [0.05, 0.1) is 19.1 Å². The summed E-state index contributed by atoms with van der Waals surface area (Å²) in [6.07, 6.45) is 4.16. The Morgan fingerprint density at radius 2 is 1.62 bits per heavy atom. The Kier molecular flexibility index (Phi) is 5.88. The fourth-order valence-electron chi connectivity index (χ4n) is 4.58. The van der Waals surface area contributed by atoms with Crippen LogP contribution < -0.4 is 14.8 Å². The minimum atomic E-state index is -0.183. The summed E-state index contributed by atoms with van der Waals surface area (Å²) in [7, 11) is 3.28. The Morgan fingerprint density at radius 1 is 0.969 bits per heavy atom. The van der Waals surface area contributed by atoms with Gasteiger partial charge in [-0.25, -0.2) is 0 Å². The van der Waals surface area contributed by atoms with Crippen LogP contribution in [0, 0.1) is 0 Å². The van der Waals surface area contributed by atoms with Crippen molar-refractivity contribution >= 4 is 40.3 Å². The van der Waals surface area contributed by atoms with Crippen LogP contribution in [0.15, 0.2) is 35.2 Å². The fourth-order valence-corrected chi connectivity index (χ4v) is 5.62. The summed E-state index contributed by atoms with van der Waals surface area (Å²) < 4.78 is 11.8. The van der Waals surface area contributed by atoms with Crippen molar-refractivity contribution in [1.29, 1.82) is 0 Å². The number of rotatable bonds is 4. The first-order chi connectivity index (χ1) is 15.1. The third kappa shape index (κ3) is 4.06. The summed E-state index contributed by atoms with van der Waals surface area (Å²) in [5.74, 6) is 1.19. The Hall–Kier alpha value is -2.31. The number of amides is 1. The summed E-state index contributed by atoms with van der Waals surface area (Å²) in [6.45, 7) is 9.30. The second-order valence-corrected chi connectivity index (χ2v) is 11.4. The van der Waals surface area contributed by atoms with Crippen LogP contribution in [0.2, 0.25) is 0 Å². The molecule has 0 unspecified atom stereocenters. The summed E-state index contributed by atoms with van der Waals surface area (Å²) >= 11 is 6.39. The number of carbonyl (C=O) groups excluding carboxylic acids is 1. The van der Waals surface area contributed by atoms with E-state index in [0.717, 1.165) is 28.9 Å². The summed E-state index contributed by atoms with van der Waals surface area (Å²) in [6, 6.07) is 10.7. The minimum absolute atomic E-state index is 0.111. The van der Waals surface area contributed by atoms with Gasteiger partial charge in [0, 0.05) is 17.2 Å². The average molecular weight is 468 g/mol. The molecule has 0 atom stereocenters. The number of hydrogen-bond acceptors (Lipinski definition) is 5. The number of fused-ring (bicyclic) bond motifs is 1. The number of nitrogens with one attached hydrogen (secondary N) is 1. The van der Waals surface area contributed by atoms with Gasteiger partial charge >= 0.3 is 0 Å². The zero-order valence-electron chi connectivity index (χ0n) is 19.4. The molecule has 0 aromatic heterocycles. The van der Waals surface area contributed by atoms with Crippen LogP contribution in [-0.2, 0) is 15.6 Å². The maximum atomic E-state index is 12.2. The van der Waals surface area contributed by atoms with Crippen molar-refractivity contribution in [2.24, 2.45) is 0 Å². The molecular formula is C26H29NO3S2. The van der Waals surface area contributed by atoms with Gasteiger partial charge in [-0.15, -0.1) is 0 Å². The Labute approximate surface area is 199 Å². The number of carbonyl (C=O) groups is 1. The SMILES string of the molecule is COc1cc(OC)c(-c2ccc3c(c2)C(C)(C)CCC3(C)C)cc1/C=C1\SC(=S)NC1=O. The first-order valence-electron chi connectivity index (χ1n) is 10.7. The number of thiocarbonyl (C=S) groups is 1. The molecule has 2 aromatic rings. The third-order valence-corrected chi connectivity index (χ3v) is 7.81. The van der Waals surface area contributed by atoms with Crippen LogP contribution in [0.3, 0.4) is 0 Å². The molecule has 4 nitrogen and oxygen atoms in total. The molecule has 1 saturated heterocycles. The van der Waals surface area contributed by atoms with Crippen molar-refractivity contribution in [3.05, 3.63) is 51.9 Å². The molecule has 1 amide bonds. The molecule has 0 radical (unpaired) electrons. The Balaban J connectivity index is 1.88. The van der Waals surface area contributed by atoms with Crippen LogP contribution in [-0.4, -0.2) is 24.4 Å². The van der Waals surface area contributed by atoms with E-state index in [1.54, 1.807) is 14.2 Å². The van der Waals surface area contributed by atoms with E-state index in [1.165, 1.54) is 29.3 Å². The van der Waals surface area contributed by atoms with E-state index >= 15 is 0 Å². The number of ether oxygens (including phenoxy) is 2. The Bertz CT molecular complexity index is 1150. The molecule has 1 aliphatic heterocycles. The monoisotopic (exact) mass is 467 g/mol. The van der Waals surface area contributed by atoms with Crippen LogP contribution in [0.5, 0.6) is 11.5 Å². The lowest BCUT2D eigenvalue weighted by atomic mass is 9.63. The van der Waals surface area contributed by atoms with Gasteiger partial charge in [-0.3, -0.25) is 4.79 Å². The first-order valence-corrected chi connectivity index (χ1v) is 11.9. The number of hydrogen-bond donors (Lipinski definition) is 1. The van der Waals surface area contributed by atoms with Crippen molar-refractivity contribution in [2.75, 3.05) is 14.2 Å². The molecule has 1 heterocycles. The normalized spacial score (nSPS) is 20.1. The van der Waals surface area contributed by atoms with Crippen molar-refractivity contribution in [3.63, 3.8) is 0 Å². The lowest BCUT2D eigenvalue weighted by Gasteiger charge is -2.42. The molecule has 0 bridgehead atoms. The first kappa shape index (κ1) is 22.9. The maximum Gasteiger partial charge on any atom is 0.263 e. The summed E-state index contributed by atoms with van der Waals surface area (Å²) in [4.78, 5) is 12.8. The summed E-state index contributed by atoms with van der Waals surface area (Å²) in [5.41, 5.74) is 5.94. The minimum Gasteiger partial charge on any atom is -0.496 e. The molecule has 4 rings (SSSR count). The lowest BCUT2D eigenvalue weighted by molar-refractivity contribution is -0.115. The molecule has 1 N–H and O–H groups in total. The van der Waals surface area contributed by atoms with E-state index in [2.05, 4.69) is 51.2 Å². The van der Waals surface area contributed by atoms with Gasteiger partial charge < -0.3 is 14.8 Å². The molecule has 168 valence electrons. The van der Waals surface area contributed by atoms with Gasteiger partial charge in [-0.1, -0.05) is 69.9 Å². The lowest BCUT2D eigenvalue weighted by Crippen LogP contribution is -2.33. The van der Waals surface area contributed by atoms with Gasteiger partial charge in [0.1, 0.15) is 15.8 Å². The highest BCUT2D eigenvalue weighted by atomic mass is 32.2. The van der Waals surface area contributed by atoms with E-state index in [1.807, 2.05) is 18.2 Å². The van der Waals surface area contributed by atoms with Crippen molar-refractivity contribution in [1.82, 2.24) is 5.32 Å². The third-order valence-electron chi connectivity index (χ3n) is 6.64. The molecule has 6 heteroatoms. The van der Waals surface area contributed by atoms with Crippen molar-refractivity contribution < 1.29 is 14.3 Å². The highest BCUT2D eigenvalue weighted by molar-refractivity contribution is 8.26. The maximum absolute atomic E-state index is 12.2. The average Bonchev–Trinajstić information content (AvgIpc) is 3.07. The van der Waals surface area contributed by atoms with Crippen LogP contribution in [0.4, 0.5) is 0 Å². The fraction of sp³-hybridized carbons (Fsp3) is 0.385. The predicted molar refractivity (Wildman–Crippen MR) is 137 cm³/mol. The predicted octanol–water partition coefficient (Wildman–Crippen LogP) is 6.21. The van der Waals surface area contributed by atoms with Gasteiger partial charge in [0.15, 0.2) is 0 Å². The molecule has 1 aliphatic carbocycles. The van der Waals surface area contributed by atoms with Crippen molar-refractivity contribution in [2.45, 2.75) is 51.4 Å². The van der Waals surface area contributed by atoms with Crippen LogP contribution in [0.25, 0.3) is 17.2 Å². The number of thioether (sulfide) groups is 1. The van der Waals surface area contributed by atoms with Gasteiger partial charge in [-0.2, -0.15) is 0 Å². The van der Waals surface area contributed by atoms with E-state index in [9.17, 15) is 4.79 Å². The highest BCUT2D eigenvalue weighted by Crippen LogP contribution is 2.48. The van der Waals surface area contributed by atoms with Gasteiger partial charge in [0.25, 0.3) is 5.91 Å². The Morgan fingerprint density at radius 3 is 2.22 bits per heavy atom. The van der Waals surface area contributed by atoms with Crippen LogP contribution >= 0.6 is 24.0 Å². The smallest absolute Gasteiger partial charge is 0.263 e. The molecule has 32 heavy (non-hydrogen) atoms. The van der Waals surface area contributed by atoms with Gasteiger partial charge in [0.2, 0.25) is 0 Å². The van der Waals surface area contributed by atoms with E-state index in [-0.39, 0.29) is 16.7 Å². The summed E-state index contributed by atoms with van der Waals surface area (Å²) in [5, 5.41) is 2.67. The molecule has 0 saturated carbocycles. The molecule has 2 aromatic carbocycles. The zero-order valence-corrected chi connectivity index (χ0v) is 21.1. The quantitative estimate of drug-likeness (QED) is 0.428. The number of methoxy groups -OCH3 is 2.